The molecule has 2 aromatic rings. The van der Waals surface area contributed by atoms with Gasteiger partial charge in [-0.3, -0.25) is 9.59 Å². The summed E-state index contributed by atoms with van der Waals surface area (Å²) in [7, 11) is 3.19. The minimum absolute atomic E-state index is 0.0671. The molecule has 0 aliphatic rings. The Kier molecular flexibility index (Phi) is 8.42. The lowest BCUT2D eigenvalue weighted by Crippen LogP contribution is -2.27. The number of nitrogens with zero attached hydrogens (tertiary/aromatic N) is 1. The average Bonchev–Trinajstić information content (AvgIpc) is 2.70. The molecule has 0 unspecified atom stereocenters. The van der Waals surface area contributed by atoms with Crippen molar-refractivity contribution in [2.24, 2.45) is 0 Å². The molecule has 0 fully saturated rings. The highest BCUT2D eigenvalue weighted by atomic mass is 19.3. The average molecular weight is 441 g/mol. The summed E-state index contributed by atoms with van der Waals surface area (Å²) >= 11 is 0. The van der Waals surface area contributed by atoms with Crippen molar-refractivity contribution in [2.45, 2.75) is 13.2 Å². The summed E-state index contributed by atoms with van der Waals surface area (Å²) in [4.78, 5) is 25.2. The number of carbonyl (C=O) groups is 2. The Morgan fingerprint density at radius 3 is 2.13 bits per heavy atom. The van der Waals surface area contributed by atoms with E-state index in [9.17, 15) is 27.2 Å². The summed E-state index contributed by atoms with van der Waals surface area (Å²) in [5, 5.41) is 0. The largest absolute Gasteiger partial charge is 0.484 e. The summed E-state index contributed by atoms with van der Waals surface area (Å²) in [5.41, 5.74) is 0.342. The van der Waals surface area contributed by atoms with Gasteiger partial charge in [0.25, 0.3) is 5.91 Å². The van der Waals surface area contributed by atoms with Crippen LogP contribution in [0.4, 0.5) is 17.6 Å². The molecular formula is C21H19F4NO5. The van der Waals surface area contributed by atoms with E-state index in [0.29, 0.717) is 5.75 Å². The van der Waals surface area contributed by atoms with Crippen molar-refractivity contribution in [2.75, 3.05) is 20.7 Å². The first kappa shape index (κ1) is 23.7. The van der Waals surface area contributed by atoms with Gasteiger partial charge in [0, 0.05) is 31.3 Å². The summed E-state index contributed by atoms with van der Waals surface area (Å²) < 4.78 is 63.6. The molecule has 2 rings (SSSR count). The maximum absolute atomic E-state index is 12.6. The molecule has 1 amide bonds. The van der Waals surface area contributed by atoms with Gasteiger partial charge < -0.3 is 19.1 Å². The molecule has 0 bridgehead atoms. The highest BCUT2D eigenvalue weighted by Crippen LogP contribution is 2.28. The molecule has 0 atom stereocenters. The predicted molar refractivity (Wildman–Crippen MR) is 104 cm³/mol. The van der Waals surface area contributed by atoms with Crippen LogP contribution in [-0.2, 0) is 4.79 Å². The maximum atomic E-state index is 12.6. The molecule has 0 aliphatic heterocycles. The third-order valence-corrected chi connectivity index (χ3v) is 3.84. The van der Waals surface area contributed by atoms with Crippen LogP contribution in [0.2, 0.25) is 0 Å². The lowest BCUT2D eigenvalue weighted by atomic mass is 10.1. The minimum Gasteiger partial charge on any atom is -0.484 e. The van der Waals surface area contributed by atoms with Crippen molar-refractivity contribution in [1.29, 1.82) is 0 Å². The molecule has 0 aromatic heterocycles. The van der Waals surface area contributed by atoms with E-state index in [0.717, 1.165) is 18.2 Å². The van der Waals surface area contributed by atoms with Gasteiger partial charge in [0.05, 0.1) is 0 Å². The molecule has 31 heavy (non-hydrogen) atoms. The molecule has 0 aliphatic carbocycles. The fourth-order valence-corrected chi connectivity index (χ4v) is 2.28. The highest BCUT2D eigenvalue weighted by Gasteiger charge is 2.13. The van der Waals surface area contributed by atoms with E-state index in [1.165, 1.54) is 41.3 Å². The van der Waals surface area contributed by atoms with Gasteiger partial charge in [0.1, 0.15) is 17.2 Å². The standard InChI is InChI=1S/C21H19F4NO5/c1-26(2)19(28)12-29-15-7-3-13(4-8-15)17(27)10-6-14-5-9-16(30-20(22)23)11-18(14)31-21(24)25/h3-11,20-21H,12H2,1-2H3/b10-6+. The SMILES string of the molecule is CN(C)C(=O)COc1ccc(C(=O)/C=C/c2ccc(OC(F)F)cc2OC(F)F)cc1. The normalized spacial score (nSPS) is 11.1. The molecule has 0 radical (unpaired) electrons. The van der Waals surface area contributed by atoms with Gasteiger partial charge in [0.15, 0.2) is 12.4 Å². The van der Waals surface area contributed by atoms with Crippen LogP contribution in [0.1, 0.15) is 15.9 Å². The van der Waals surface area contributed by atoms with Gasteiger partial charge in [-0.1, -0.05) is 0 Å². The molecular weight excluding hydrogens is 422 g/mol. The lowest BCUT2D eigenvalue weighted by Gasteiger charge is -2.11. The second kappa shape index (κ2) is 11.0. The fourth-order valence-electron chi connectivity index (χ4n) is 2.28. The molecule has 0 saturated heterocycles. The third kappa shape index (κ3) is 7.65. The van der Waals surface area contributed by atoms with E-state index in [4.69, 9.17) is 4.74 Å². The van der Waals surface area contributed by atoms with Gasteiger partial charge in [-0.25, -0.2) is 0 Å². The van der Waals surface area contributed by atoms with E-state index in [2.05, 4.69) is 9.47 Å². The number of ether oxygens (including phenoxy) is 3. The van der Waals surface area contributed by atoms with Gasteiger partial charge in [-0.2, -0.15) is 17.6 Å². The second-order valence-electron chi connectivity index (χ2n) is 6.26. The van der Waals surface area contributed by atoms with Gasteiger partial charge >= 0.3 is 13.2 Å². The number of carbonyl (C=O) groups excluding carboxylic acids is 2. The Hall–Kier alpha value is -3.56. The number of benzene rings is 2. The molecule has 10 heteroatoms. The van der Waals surface area contributed by atoms with Crippen LogP contribution in [0, 0.1) is 0 Å². The number of rotatable bonds is 10. The van der Waals surface area contributed by atoms with Gasteiger partial charge in [0.2, 0.25) is 0 Å². The first-order valence-corrected chi connectivity index (χ1v) is 8.85. The Balaban J connectivity index is 2.10. The van der Waals surface area contributed by atoms with Crippen molar-refractivity contribution in [3.05, 3.63) is 59.7 Å². The van der Waals surface area contributed by atoms with Crippen molar-refractivity contribution in [1.82, 2.24) is 4.90 Å². The topological polar surface area (TPSA) is 65.1 Å². The monoisotopic (exact) mass is 441 g/mol. The van der Waals surface area contributed by atoms with Crippen LogP contribution in [0.25, 0.3) is 6.08 Å². The predicted octanol–water partition coefficient (Wildman–Crippen LogP) is 4.25. The number of alkyl halides is 4. The Morgan fingerprint density at radius 2 is 1.55 bits per heavy atom. The number of amides is 1. The number of ketones is 1. The smallest absolute Gasteiger partial charge is 0.387 e. The Labute approximate surface area is 175 Å². The van der Waals surface area contributed by atoms with Crippen LogP contribution < -0.4 is 14.2 Å². The number of allylic oxidation sites excluding steroid dienone is 1. The van der Waals surface area contributed by atoms with Crippen LogP contribution >= 0.6 is 0 Å². The van der Waals surface area contributed by atoms with E-state index < -0.39 is 24.8 Å². The van der Waals surface area contributed by atoms with Crippen molar-refractivity contribution < 1.29 is 41.4 Å². The first-order chi connectivity index (χ1) is 14.7. The Bertz CT molecular complexity index is 930. The summed E-state index contributed by atoms with van der Waals surface area (Å²) in [6.07, 6.45) is 2.33. The highest BCUT2D eigenvalue weighted by molar-refractivity contribution is 6.07. The van der Waals surface area contributed by atoms with Crippen LogP contribution in [0.5, 0.6) is 17.2 Å². The molecule has 166 valence electrons. The summed E-state index contributed by atoms with van der Waals surface area (Å²) in [6, 6.07) is 9.17. The molecule has 0 spiro atoms. The van der Waals surface area contributed by atoms with E-state index >= 15 is 0 Å². The number of hydrogen-bond acceptors (Lipinski definition) is 5. The summed E-state index contributed by atoms with van der Waals surface area (Å²) in [6.45, 7) is -6.48. The third-order valence-electron chi connectivity index (χ3n) is 3.84. The number of hydrogen-bond donors (Lipinski definition) is 0. The van der Waals surface area contributed by atoms with E-state index in [-0.39, 0.29) is 29.4 Å². The molecule has 6 nitrogen and oxygen atoms in total. The maximum Gasteiger partial charge on any atom is 0.387 e. The van der Waals surface area contributed by atoms with Gasteiger partial charge in [-0.15, -0.1) is 0 Å². The minimum atomic E-state index is -3.20. The second-order valence-corrected chi connectivity index (χ2v) is 6.26. The zero-order chi connectivity index (χ0) is 23.0. The molecule has 0 saturated carbocycles. The lowest BCUT2D eigenvalue weighted by molar-refractivity contribution is -0.130. The van der Waals surface area contributed by atoms with Crippen LogP contribution in [0.3, 0.4) is 0 Å². The zero-order valence-corrected chi connectivity index (χ0v) is 16.6. The van der Waals surface area contributed by atoms with E-state index in [1.54, 1.807) is 14.1 Å². The van der Waals surface area contributed by atoms with Crippen LogP contribution in [-0.4, -0.2) is 50.5 Å². The number of halogens is 4. The fraction of sp³-hybridized carbons (Fsp3) is 0.238. The quantitative estimate of drug-likeness (QED) is 0.313. The number of likely N-dealkylation sites (N-methyl/N-ethyl adjacent to an activating group) is 1. The molecule has 0 heterocycles. The van der Waals surface area contributed by atoms with Crippen molar-refractivity contribution in [3.8, 4) is 17.2 Å². The first-order valence-electron chi connectivity index (χ1n) is 8.85. The van der Waals surface area contributed by atoms with Crippen molar-refractivity contribution >= 4 is 17.8 Å². The molecule has 2 aromatic carbocycles. The van der Waals surface area contributed by atoms with E-state index in [1.807, 2.05) is 0 Å². The molecule has 0 N–H and O–H groups in total. The van der Waals surface area contributed by atoms with Crippen molar-refractivity contribution in [3.63, 3.8) is 0 Å². The van der Waals surface area contributed by atoms with Crippen LogP contribution in [0.15, 0.2) is 48.5 Å². The van der Waals surface area contributed by atoms with Gasteiger partial charge in [-0.05, 0) is 48.6 Å². The Morgan fingerprint density at radius 1 is 0.935 bits per heavy atom. The summed E-state index contributed by atoms with van der Waals surface area (Å²) in [5.74, 6) is -1.08. The zero-order valence-electron chi connectivity index (χ0n) is 16.6.